The van der Waals surface area contributed by atoms with Crippen LogP contribution in [0.3, 0.4) is 0 Å². The fourth-order valence-electron chi connectivity index (χ4n) is 6.32. The van der Waals surface area contributed by atoms with Gasteiger partial charge in [-0.15, -0.1) is 11.3 Å². The second-order valence-corrected chi connectivity index (χ2v) is 14.4. The number of hydrogen-bond acceptors (Lipinski definition) is 7. The van der Waals surface area contributed by atoms with E-state index in [0.29, 0.717) is 67.3 Å². The fraction of sp³-hybridized carbons (Fsp3) is 0.469. The Balaban J connectivity index is 1.13. The maximum absolute atomic E-state index is 15.3. The molecule has 3 aliphatic rings. The Labute approximate surface area is 257 Å². The molecule has 2 aromatic carbocycles. The molecule has 3 fully saturated rings. The largest absolute Gasteiger partial charge is 0.420 e. The molecule has 3 heterocycles. The molecule has 0 radical (unpaired) electrons. The zero-order chi connectivity index (χ0) is 30.0. The zero-order valence-corrected chi connectivity index (χ0v) is 26.0. The van der Waals surface area contributed by atoms with Gasteiger partial charge in [-0.1, -0.05) is 31.9 Å². The third-order valence-corrected chi connectivity index (χ3v) is 11.5. The minimum atomic E-state index is -3.59. The summed E-state index contributed by atoms with van der Waals surface area (Å²) in [5.41, 5.74) is 2.06. The summed E-state index contributed by atoms with van der Waals surface area (Å²) >= 11 is 1.31. The zero-order valence-electron chi connectivity index (χ0n) is 24.4. The average molecular weight is 628 g/mol. The Morgan fingerprint density at radius 2 is 1.81 bits per heavy atom. The first kappa shape index (κ1) is 30.1. The predicted molar refractivity (Wildman–Crippen MR) is 166 cm³/mol. The van der Waals surface area contributed by atoms with E-state index in [2.05, 4.69) is 6.92 Å². The lowest BCUT2D eigenvalue weighted by molar-refractivity contribution is 0.122. The number of sulfonamides is 1. The number of ether oxygens (including phenoxy) is 2. The number of carbonyl (C=O) groups excluding carboxylic acids is 1. The minimum absolute atomic E-state index is 0.102. The lowest BCUT2D eigenvalue weighted by atomic mass is 10.1. The highest BCUT2D eigenvalue weighted by molar-refractivity contribution is 7.89. The molecule has 2 unspecified atom stereocenters. The molecule has 1 amide bonds. The van der Waals surface area contributed by atoms with Crippen LogP contribution < -0.4 is 14.5 Å². The van der Waals surface area contributed by atoms with E-state index in [1.54, 1.807) is 40.7 Å². The molecular formula is C32H38FN3O5S2. The van der Waals surface area contributed by atoms with Gasteiger partial charge in [-0.3, -0.25) is 4.90 Å². The number of benzene rings is 2. The van der Waals surface area contributed by atoms with Crippen LogP contribution in [-0.2, 0) is 21.2 Å². The van der Waals surface area contributed by atoms with Crippen molar-refractivity contribution in [3.8, 4) is 5.06 Å². The standard InChI is InChI=1S/C32H38FN3O5S2/c1-2-3-4-6-23-8-11-25(12-9-23)43(38,39)35-20-26-27(21-35)28(26)22-36(32(37)41-31-7-5-18-42-31)24-10-13-30(29(33)19-24)34-14-16-40-17-15-34/h5,7-13,18-19,26-28H,2-4,6,14-17,20-22H2,1H3. The number of fused-ring (bicyclic) bond motifs is 1. The number of thiophene rings is 1. The summed E-state index contributed by atoms with van der Waals surface area (Å²) in [4.78, 5) is 17.1. The Morgan fingerprint density at radius 3 is 2.47 bits per heavy atom. The molecule has 6 rings (SSSR count). The molecule has 0 bridgehead atoms. The number of hydrogen-bond donors (Lipinski definition) is 0. The Morgan fingerprint density at radius 1 is 1.07 bits per heavy atom. The van der Waals surface area contributed by atoms with Crippen LogP contribution in [0, 0.1) is 23.6 Å². The fourth-order valence-corrected chi connectivity index (χ4v) is 8.40. The van der Waals surface area contributed by atoms with Gasteiger partial charge in [-0.2, -0.15) is 4.31 Å². The molecular weight excluding hydrogens is 590 g/mol. The topological polar surface area (TPSA) is 79.4 Å². The molecule has 230 valence electrons. The molecule has 0 N–H and O–H groups in total. The number of morpholine rings is 1. The van der Waals surface area contributed by atoms with Crippen LogP contribution >= 0.6 is 11.3 Å². The van der Waals surface area contributed by atoms with Crippen molar-refractivity contribution in [1.82, 2.24) is 4.31 Å². The number of unbranched alkanes of at least 4 members (excludes halogenated alkanes) is 2. The molecule has 2 aliphatic heterocycles. The Hall–Kier alpha value is -2.99. The van der Waals surface area contributed by atoms with Gasteiger partial charge in [-0.25, -0.2) is 17.6 Å². The van der Waals surface area contributed by atoms with Gasteiger partial charge in [0.05, 0.1) is 29.5 Å². The second kappa shape index (κ2) is 12.9. The number of anilines is 2. The van der Waals surface area contributed by atoms with Gasteiger partial charge in [0.15, 0.2) is 5.06 Å². The van der Waals surface area contributed by atoms with Gasteiger partial charge < -0.3 is 14.4 Å². The highest BCUT2D eigenvalue weighted by Gasteiger charge is 2.58. The van der Waals surface area contributed by atoms with Gasteiger partial charge in [0.2, 0.25) is 10.0 Å². The summed E-state index contributed by atoms with van der Waals surface area (Å²) in [5.74, 6) is -0.0292. The highest BCUT2D eigenvalue weighted by atomic mass is 32.2. The van der Waals surface area contributed by atoms with E-state index in [9.17, 15) is 13.2 Å². The quantitative estimate of drug-likeness (QED) is 0.242. The van der Waals surface area contributed by atoms with E-state index in [0.717, 1.165) is 31.2 Å². The maximum atomic E-state index is 15.3. The summed E-state index contributed by atoms with van der Waals surface area (Å²) < 4.78 is 54.7. The third kappa shape index (κ3) is 6.60. The summed E-state index contributed by atoms with van der Waals surface area (Å²) in [5, 5.41) is 2.29. The molecule has 3 aromatic rings. The van der Waals surface area contributed by atoms with Gasteiger partial charge in [0, 0.05) is 32.7 Å². The number of aryl methyl sites for hydroxylation is 1. The SMILES string of the molecule is CCCCCc1ccc(S(=O)(=O)N2CC3C(CN(C(=O)Oc4cccs4)c4ccc(N5CCOCC5)c(F)c4)C3C2)cc1. The van der Waals surface area contributed by atoms with E-state index in [1.165, 1.54) is 22.3 Å². The van der Waals surface area contributed by atoms with Crippen LogP contribution in [0.2, 0.25) is 0 Å². The third-order valence-electron chi connectivity index (χ3n) is 8.86. The summed E-state index contributed by atoms with van der Waals surface area (Å²) in [6, 6.07) is 15.6. The minimum Gasteiger partial charge on any atom is -0.399 e. The van der Waals surface area contributed by atoms with Crippen molar-refractivity contribution in [1.29, 1.82) is 0 Å². The lowest BCUT2D eigenvalue weighted by Gasteiger charge is -2.30. The van der Waals surface area contributed by atoms with Crippen molar-refractivity contribution < 1.29 is 27.1 Å². The van der Waals surface area contributed by atoms with E-state index < -0.39 is 21.9 Å². The van der Waals surface area contributed by atoms with Crippen molar-refractivity contribution in [3.05, 3.63) is 71.4 Å². The molecule has 1 aromatic heterocycles. The number of amides is 1. The maximum Gasteiger partial charge on any atom is 0.420 e. The van der Waals surface area contributed by atoms with Crippen LogP contribution in [-0.4, -0.2) is 64.8 Å². The Kier molecular flexibility index (Phi) is 9.04. The molecule has 8 nitrogen and oxygen atoms in total. The number of nitrogens with zero attached hydrogens (tertiary/aromatic N) is 3. The van der Waals surface area contributed by atoms with Gasteiger partial charge in [0.25, 0.3) is 0 Å². The van der Waals surface area contributed by atoms with Crippen LogP contribution in [0.5, 0.6) is 5.06 Å². The summed E-state index contributed by atoms with van der Waals surface area (Å²) in [7, 11) is -3.59. The lowest BCUT2D eigenvalue weighted by Crippen LogP contribution is -2.38. The van der Waals surface area contributed by atoms with Crippen molar-refractivity contribution in [2.24, 2.45) is 17.8 Å². The van der Waals surface area contributed by atoms with E-state index in [4.69, 9.17) is 9.47 Å². The van der Waals surface area contributed by atoms with Gasteiger partial charge in [0.1, 0.15) is 5.82 Å². The van der Waals surface area contributed by atoms with Crippen LogP contribution in [0.25, 0.3) is 0 Å². The number of carbonyl (C=O) groups is 1. The number of halogens is 1. The van der Waals surface area contributed by atoms with Crippen LogP contribution in [0.15, 0.2) is 64.9 Å². The van der Waals surface area contributed by atoms with Crippen LogP contribution in [0.1, 0.15) is 31.7 Å². The first-order chi connectivity index (χ1) is 20.8. The second-order valence-electron chi connectivity index (χ2n) is 11.6. The monoisotopic (exact) mass is 627 g/mol. The molecule has 1 saturated carbocycles. The van der Waals surface area contributed by atoms with Crippen molar-refractivity contribution >= 4 is 38.8 Å². The van der Waals surface area contributed by atoms with E-state index in [-0.39, 0.29) is 17.8 Å². The van der Waals surface area contributed by atoms with Crippen molar-refractivity contribution in [3.63, 3.8) is 0 Å². The Bertz CT molecular complexity index is 1500. The number of rotatable bonds is 11. The molecule has 2 saturated heterocycles. The first-order valence-corrected chi connectivity index (χ1v) is 17.4. The van der Waals surface area contributed by atoms with Crippen LogP contribution in [0.4, 0.5) is 20.6 Å². The predicted octanol–water partition coefficient (Wildman–Crippen LogP) is 6.03. The van der Waals surface area contributed by atoms with E-state index >= 15 is 4.39 Å². The highest BCUT2D eigenvalue weighted by Crippen LogP contribution is 2.53. The molecule has 43 heavy (non-hydrogen) atoms. The molecule has 2 atom stereocenters. The van der Waals surface area contributed by atoms with Gasteiger partial charge in [-0.05, 0) is 84.0 Å². The normalized spacial score (nSPS) is 21.9. The first-order valence-electron chi connectivity index (χ1n) is 15.1. The summed E-state index contributed by atoms with van der Waals surface area (Å²) in [6.45, 7) is 5.61. The average Bonchev–Trinajstić information content (AvgIpc) is 3.36. The van der Waals surface area contributed by atoms with Crippen molar-refractivity contribution in [2.75, 3.05) is 55.7 Å². The molecule has 11 heteroatoms. The molecule has 0 spiro atoms. The van der Waals surface area contributed by atoms with E-state index in [1.807, 2.05) is 22.4 Å². The van der Waals surface area contributed by atoms with Crippen molar-refractivity contribution in [2.45, 2.75) is 37.5 Å². The summed E-state index contributed by atoms with van der Waals surface area (Å²) in [6.07, 6.45) is 3.79. The molecule has 1 aliphatic carbocycles. The number of piperidine rings is 1. The van der Waals surface area contributed by atoms with Gasteiger partial charge >= 0.3 is 6.09 Å². The smallest absolute Gasteiger partial charge is 0.399 e.